The fourth-order valence-corrected chi connectivity index (χ4v) is 2.93. The fraction of sp³-hybridized carbons (Fsp3) is 0.333. The van der Waals surface area contributed by atoms with Crippen LogP contribution in [0, 0.1) is 18.3 Å². The van der Waals surface area contributed by atoms with E-state index in [9.17, 15) is 13.7 Å². The SMILES string of the molecule is Cc1ccc(C#N)c(N(C)CCCOc2ccc(S(C)(=O)=O)cc2)n1. The lowest BCUT2D eigenvalue weighted by molar-refractivity contribution is 0.312. The first-order valence-corrected chi connectivity index (χ1v) is 9.72. The van der Waals surface area contributed by atoms with Crippen LogP contribution in [0.1, 0.15) is 17.7 Å². The third kappa shape index (κ3) is 5.19. The molecule has 2 aromatic rings. The number of sulfone groups is 1. The van der Waals surface area contributed by atoms with Crippen LogP contribution in [0.5, 0.6) is 5.75 Å². The van der Waals surface area contributed by atoms with Gasteiger partial charge in [0.1, 0.15) is 17.6 Å². The van der Waals surface area contributed by atoms with Crippen molar-refractivity contribution in [2.24, 2.45) is 0 Å². The zero-order chi connectivity index (χ0) is 18.4. The largest absolute Gasteiger partial charge is 0.494 e. The molecule has 0 spiro atoms. The van der Waals surface area contributed by atoms with Gasteiger partial charge in [0.05, 0.1) is 17.1 Å². The lowest BCUT2D eigenvalue weighted by Gasteiger charge is -2.19. The molecule has 2 rings (SSSR count). The van der Waals surface area contributed by atoms with Crippen molar-refractivity contribution in [1.29, 1.82) is 5.26 Å². The highest BCUT2D eigenvalue weighted by Crippen LogP contribution is 2.18. The molecule has 1 heterocycles. The zero-order valence-corrected chi connectivity index (χ0v) is 15.4. The molecule has 0 amide bonds. The second-order valence-corrected chi connectivity index (χ2v) is 7.82. The molecular weight excluding hydrogens is 338 g/mol. The maximum Gasteiger partial charge on any atom is 0.175 e. The van der Waals surface area contributed by atoms with Crippen LogP contribution in [-0.4, -0.2) is 39.9 Å². The highest BCUT2D eigenvalue weighted by atomic mass is 32.2. The number of benzene rings is 1. The van der Waals surface area contributed by atoms with Crippen molar-refractivity contribution in [3.8, 4) is 11.8 Å². The van der Waals surface area contributed by atoms with Gasteiger partial charge in [-0.25, -0.2) is 13.4 Å². The minimum Gasteiger partial charge on any atom is -0.494 e. The number of nitrogens with zero attached hydrogens (tertiary/aromatic N) is 3. The van der Waals surface area contributed by atoms with E-state index in [1.807, 2.05) is 24.9 Å². The molecule has 0 aliphatic heterocycles. The van der Waals surface area contributed by atoms with E-state index in [1.54, 1.807) is 18.2 Å². The van der Waals surface area contributed by atoms with E-state index in [0.29, 0.717) is 30.3 Å². The minimum absolute atomic E-state index is 0.272. The summed E-state index contributed by atoms with van der Waals surface area (Å²) in [5.74, 6) is 1.29. The van der Waals surface area contributed by atoms with Crippen LogP contribution in [0.2, 0.25) is 0 Å². The molecule has 0 N–H and O–H groups in total. The van der Waals surface area contributed by atoms with Crippen LogP contribution >= 0.6 is 0 Å². The summed E-state index contributed by atoms with van der Waals surface area (Å²) in [4.78, 5) is 6.62. The predicted molar refractivity (Wildman–Crippen MR) is 96.6 cm³/mol. The van der Waals surface area contributed by atoms with Gasteiger partial charge in [0.25, 0.3) is 0 Å². The van der Waals surface area contributed by atoms with Crippen LogP contribution in [0.3, 0.4) is 0 Å². The summed E-state index contributed by atoms with van der Waals surface area (Å²) in [6, 6.07) is 12.1. The molecule has 0 radical (unpaired) electrons. The highest BCUT2D eigenvalue weighted by Gasteiger charge is 2.10. The molecule has 0 saturated carbocycles. The average molecular weight is 359 g/mol. The van der Waals surface area contributed by atoms with Gasteiger partial charge in [-0.15, -0.1) is 0 Å². The minimum atomic E-state index is -3.19. The van der Waals surface area contributed by atoms with Crippen LogP contribution in [-0.2, 0) is 9.84 Å². The van der Waals surface area contributed by atoms with Gasteiger partial charge in [-0.05, 0) is 49.7 Å². The van der Waals surface area contributed by atoms with Crippen molar-refractivity contribution in [3.63, 3.8) is 0 Å². The van der Waals surface area contributed by atoms with Crippen LogP contribution < -0.4 is 9.64 Å². The number of rotatable bonds is 7. The molecule has 0 bridgehead atoms. The maximum atomic E-state index is 11.4. The first-order valence-electron chi connectivity index (χ1n) is 7.83. The van der Waals surface area contributed by atoms with E-state index in [0.717, 1.165) is 12.1 Å². The van der Waals surface area contributed by atoms with E-state index in [1.165, 1.54) is 18.4 Å². The quantitative estimate of drug-likeness (QED) is 0.707. The third-order valence-electron chi connectivity index (χ3n) is 3.65. The van der Waals surface area contributed by atoms with Gasteiger partial charge in [-0.2, -0.15) is 5.26 Å². The predicted octanol–water partition coefficient (Wildman–Crippen LogP) is 2.57. The molecule has 0 aliphatic rings. The molecule has 0 unspecified atom stereocenters. The molecular formula is C18H21N3O3S. The summed E-state index contributed by atoms with van der Waals surface area (Å²) >= 11 is 0. The molecule has 0 aliphatic carbocycles. The lowest BCUT2D eigenvalue weighted by atomic mass is 10.2. The van der Waals surface area contributed by atoms with E-state index >= 15 is 0 Å². The third-order valence-corrected chi connectivity index (χ3v) is 4.78. The second-order valence-electron chi connectivity index (χ2n) is 5.80. The number of hydrogen-bond acceptors (Lipinski definition) is 6. The molecule has 1 aromatic carbocycles. The number of nitriles is 1. The Kier molecular flexibility index (Phi) is 5.99. The van der Waals surface area contributed by atoms with E-state index in [4.69, 9.17) is 4.74 Å². The van der Waals surface area contributed by atoms with Crippen molar-refractivity contribution in [2.45, 2.75) is 18.2 Å². The number of ether oxygens (including phenoxy) is 1. The van der Waals surface area contributed by atoms with Crippen molar-refractivity contribution in [2.75, 3.05) is 31.4 Å². The molecule has 7 heteroatoms. The van der Waals surface area contributed by atoms with Gasteiger partial charge in [-0.1, -0.05) is 0 Å². The maximum absolute atomic E-state index is 11.4. The Morgan fingerprint density at radius 3 is 2.48 bits per heavy atom. The lowest BCUT2D eigenvalue weighted by Crippen LogP contribution is -2.22. The number of anilines is 1. The Morgan fingerprint density at radius 1 is 1.20 bits per heavy atom. The standard InChI is InChI=1S/C18H21N3O3S/c1-14-5-6-15(13-19)18(20-14)21(2)11-4-12-24-16-7-9-17(10-8-16)25(3,22)23/h5-10H,4,11-12H2,1-3H3. The summed E-state index contributed by atoms with van der Waals surface area (Å²) in [7, 11) is -1.30. The van der Waals surface area contributed by atoms with E-state index in [2.05, 4.69) is 11.1 Å². The van der Waals surface area contributed by atoms with Crippen LogP contribution in [0.25, 0.3) is 0 Å². The molecule has 25 heavy (non-hydrogen) atoms. The van der Waals surface area contributed by atoms with Crippen molar-refractivity contribution < 1.29 is 13.2 Å². The van der Waals surface area contributed by atoms with Gasteiger partial charge < -0.3 is 9.64 Å². The Balaban J connectivity index is 1.87. The monoisotopic (exact) mass is 359 g/mol. The Bertz CT molecular complexity index is 871. The van der Waals surface area contributed by atoms with Crippen molar-refractivity contribution in [3.05, 3.63) is 47.7 Å². The average Bonchev–Trinajstić information content (AvgIpc) is 2.58. The van der Waals surface area contributed by atoms with E-state index in [-0.39, 0.29) is 4.90 Å². The Hall–Kier alpha value is -2.59. The Labute approximate surface area is 148 Å². The van der Waals surface area contributed by atoms with Crippen LogP contribution in [0.4, 0.5) is 5.82 Å². The van der Waals surface area contributed by atoms with Crippen molar-refractivity contribution in [1.82, 2.24) is 4.98 Å². The molecule has 6 nitrogen and oxygen atoms in total. The van der Waals surface area contributed by atoms with Crippen LogP contribution in [0.15, 0.2) is 41.3 Å². The molecule has 0 atom stereocenters. The van der Waals surface area contributed by atoms with Gasteiger partial charge in [0.2, 0.25) is 0 Å². The summed E-state index contributed by atoms with van der Waals surface area (Å²) < 4.78 is 28.5. The second kappa shape index (κ2) is 7.99. The normalized spacial score (nSPS) is 11.0. The fourth-order valence-electron chi connectivity index (χ4n) is 2.30. The number of aromatic nitrogens is 1. The number of pyridine rings is 1. The summed E-state index contributed by atoms with van der Waals surface area (Å²) in [5.41, 5.74) is 1.41. The smallest absolute Gasteiger partial charge is 0.175 e. The van der Waals surface area contributed by atoms with Gasteiger partial charge >= 0.3 is 0 Å². The summed E-state index contributed by atoms with van der Waals surface area (Å²) in [5, 5.41) is 9.17. The molecule has 132 valence electrons. The highest BCUT2D eigenvalue weighted by molar-refractivity contribution is 7.90. The van der Waals surface area contributed by atoms with E-state index < -0.39 is 9.84 Å². The zero-order valence-electron chi connectivity index (χ0n) is 14.6. The molecule has 1 aromatic heterocycles. The first kappa shape index (κ1) is 18.7. The summed E-state index contributed by atoms with van der Waals surface area (Å²) in [6.07, 6.45) is 1.92. The molecule has 0 saturated heterocycles. The topological polar surface area (TPSA) is 83.3 Å². The number of hydrogen-bond donors (Lipinski definition) is 0. The summed E-state index contributed by atoms with van der Waals surface area (Å²) in [6.45, 7) is 3.06. The molecule has 0 fully saturated rings. The first-order chi connectivity index (χ1) is 11.8. The van der Waals surface area contributed by atoms with Gasteiger partial charge in [-0.3, -0.25) is 0 Å². The Morgan fingerprint density at radius 2 is 1.88 bits per heavy atom. The van der Waals surface area contributed by atoms with Gasteiger partial charge in [0, 0.05) is 25.5 Å². The van der Waals surface area contributed by atoms with Gasteiger partial charge in [0.15, 0.2) is 9.84 Å². The number of aryl methyl sites for hydroxylation is 1. The van der Waals surface area contributed by atoms with Crippen molar-refractivity contribution >= 4 is 15.7 Å².